The second-order valence-electron chi connectivity index (χ2n) is 11.5. The summed E-state index contributed by atoms with van der Waals surface area (Å²) in [6, 6.07) is 29.2. The molecule has 0 bridgehead atoms. The molecule has 1 fully saturated rings. The average Bonchev–Trinajstić information content (AvgIpc) is 2.98. The lowest BCUT2D eigenvalue weighted by molar-refractivity contribution is -0.160. The molecule has 2 amide bonds. The molecule has 3 aromatic carbocycles. The SMILES string of the molecule is Cc1ccc(CCN2C(=O)C(=O)N([C@@H](CCCCN(C)Cc3ccccc3)CNCc3ccccc3)C[C@@H]2C)cc1. The Hall–Kier alpha value is -3.48. The largest absolute Gasteiger partial charge is 0.330 e. The highest BCUT2D eigenvalue weighted by Crippen LogP contribution is 2.19. The minimum Gasteiger partial charge on any atom is -0.330 e. The third kappa shape index (κ3) is 9.27. The number of hydrogen-bond acceptors (Lipinski definition) is 4. The molecule has 2 atom stereocenters. The molecule has 0 aromatic heterocycles. The maximum Gasteiger partial charge on any atom is 0.312 e. The van der Waals surface area contributed by atoms with Crippen LogP contribution in [-0.4, -0.2) is 71.8 Å². The van der Waals surface area contributed by atoms with Crippen LogP contribution in [0.4, 0.5) is 0 Å². The van der Waals surface area contributed by atoms with Gasteiger partial charge in [0, 0.05) is 44.8 Å². The number of rotatable bonds is 15. The van der Waals surface area contributed by atoms with Gasteiger partial charge in [0.1, 0.15) is 0 Å². The Kier molecular flexibility index (Phi) is 11.5. The molecule has 0 radical (unpaired) electrons. The lowest BCUT2D eigenvalue weighted by atomic mass is 10.0. The summed E-state index contributed by atoms with van der Waals surface area (Å²) in [4.78, 5) is 32.7. The van der Waals surface area contributed by atoms with Crippen molar-refractivity contribution in [2.24, 2.45) is 0 Å². The van der Waals surface area contributed by atoms with Crippen LogP contribution in [0.1, 0.15) is 48.4 Å². The van der Waals surface area contributed by atoms with Gasteiger partial charge in [-0.15, -0.1) is 0 Å². The molecule has 1 saturated heterocycles. The molecule has 0 saturated carbocycles. The smallest absolute Gasteiger partial charge is 0.312 e. The van der Waals surface area contributed by atoms with E-state index in [1.165, 1.54) is 22.3 Å². The first-order chi connectivity index (χ1) is 19.9. The van der Waals surface area contributed by atoms with Crippen LogP contribution in [-0.2, 0) is 29.1 Å². The fourth-order valence-corrected chi connectivity index (χ4v) is 5.64. The van der Waals surface area contributed by atoms with Gasteiger partial charge in [0.25, 0.3) is 0 Å². The number of carbonyl (C=O) groups excluding carboxylic acids is 2. The number of aryl methyl sites for hydroxylation is 1. The standard InChI is InChI=1S/C35H46N4O2/c1-28-17-19-30(20-18-28)21-23-38-29(2)26-39(35(41)34(38)40)33(25-36-24-31-12-6-4-7-13-31)16-10-11-22-37(3)27-32-14-8-5-9-15-32/h4-9,12-15,17-20,29,33,36H,10-11,16,21-27H2,1-3H3/t29-,33-/m0/s1. The van der Waals surface area contributed by atoms with Gasteiger partial charge in [0.05, 0.1) is 0 Å². The Morgan fingerprint density at radius 3 is 2.20 bits per heavy atom. The predicted octanol–water partition coefficient (Wildman–Crippen LogP) is 5.06. The van der Waals surface area contributed by atoms with E-state index in [2.05, 4.69) is 91.8 Å². The highest BCUT2D eigenvalue weighted by Gasteiger charge is 2.39. The molecule has 4 rings (SSSR count). The van der Waals surface area contributed by atoms with Crippen molar-refractivity contribution < 1.29 is 9.59 Å². The zero-order valence-corrected chi connectivity index (χ0v) is 25.0. The van der Waals surface area contributed by atoms with Crippen molar-refractivity contribution in [1.82, 2.24) is 20.0 Å². The van der Waals surface area contributed by atoms with Crippen LogP contribution < -0.4 is 5.32 Å². The normalized spacial score (nSPS) is 16.4. The van der Waals surface area contributed by atoms with Gasteiger partial charge in [-0.05, 0) is 63.4 Å². The predicted molar refractivity (Wildman–Crippen MR) is 166 cm³/mol. The Morgan fingerprint density at radius 2 is 1.51 bits per heavy atom. The molecule has 218 valence electrons. The maximum absolute atomic E-state index is 13.5. The van der Waals surface area contributed by atoms with Crippen LogP contribution in [0.3, 0.4) is 0 Å². The van der Waals surface area contributed by atoms with Crippen LogP contribution >= 0.6 is 0 Å². The molecule has 1 heterocycles. The van der Waals surface area contributed by atoms with Crippen molar-refractivity contribution in [1.29, 1.82) is 0 Å². The minimum atomic E-state index is -0.369. The molecule has 1 N–H and O–H groups in total. The number of piperazine rings is 1. The van der Waals surface area contributed by atoms with Gasteiger partial charge in [0.15, 0.2) is 0 Å². The molecule has 1 aliphatic heterocycles. The lowest BCUT2D eigenvalue weighted by Gasteiger charge is -2.42. The highest BCUT2D eigenvalue weighted by molar-refractivity contribution is 6.35. The summed E-state index contributed by atoms with van der Waals surface area (Å²) in [6.07, 6.45) is 3.67. The van der Waals surface area contributed by atoms with Crippen molar-refractivity contribution >= 4 is 11.8 Å². The number of carbonyl (C=O) groups is 2. The number of nitrogens with one attached hydrogen (secondary N) is 1. The first kappa shape index (κ1) is 30.5. The van der Waals surface area contributed by atoms with Gasteiger partial charge in [-0.1, -0.05) is 96.9 Å². The number of unbranched alkanes of at least 4 members (excludes halogenated alkanes) is 1. The number of nitrogens with zero attached hydrogens (tertiary/aromatic N) is 3. The molecular formula is C35H46N4O2. The van der Waals surface area contributed by atoms with Crippen molar-refractivity contribution in [3.8, 4) is 0 Å². The van der Waals surface area contributed by atoms with Gasteiger partial charge in [-0.2, -0.15) is 0 Å². The van der Waals surface area contributed by atoms with E-state index in [1.807, 2.05) is 29.2 Å². The molecule has 41 heavy (non-hydrogen) atoms. The molecule has 6 nitrogen and oxygen atoms in total. The zero-order valence-electron chi connectivity index (χ0n) is 25.0. The molecule has 6 heteroatoms. The fourth-order valence-electron chi connectivity index (χ4n) is 5.64. The summed E-state index contributed by atoms with van der Waals surface area (Å²) in [5.41, 5.74) is 4.93. The third-order valence-corrected chi connectivity index (χ3v) is 8.07. The molecular weight excluding hydrogens is 508 g/mol. The van der Waals surface area contributed by atoms with Gasteiger partial charge < -0.3 is 20.0 Å². The quantitative estimate of drug-likeness (QED) is 0.211. The summed E-state index contributed by atoms with van der Waals surface area (Å²) < 4.78 is 0. The third-order valence-electron chi connectivity index (χ3n) is 8.07. The van der Waals surface area contributed by atoms with Crippen LogP contribution in [0.5, 0.6) is 0 Å². The Bertz CT molecular complexity index is 1220. The Balaban J connectivity index is 1.33. The lowest BCUT2D eigenvalue weighted by Crippen LogP contribution is -2.62. The second kappa shape index (κ2) is 15.5. The summed E-state index contributed by atoms with van der Waals surface area (Å²) in [6.45, 7) is 8.61. The number of benzene rings is 3. The minimum absolute atomic E-state index is 0.0146. The molecule has 0 unspecified atom stereocenters. The summed E-state index contributed by atoms with van der Waals surface area (Å²) in [5.74, 6) is -0.730. The van der Waals surface area contributed by atoms with Crippen LogP contribution in [0.2, 0.25) is 0 Å². The summed E-state index contributed by atoms with van der Waals surface area (Å²) in [5, 5.41) is 3.56. The topological polar surface area (TPSA) is 55.9 Å². The number of hydrogen-bond donors (Lipinski definition) is 1. The molecule has 0 aliphatic carbocycles. The maximum atomic E-state index is 13.5. The van der Waals surface area contributed by atoms with E-state index in [9.17, 15) is 9.59 Å². The van der Waals surface area contributed by atoms with E-state index >= 15 is 0 Å². The van der Waals surface area contributed by atoms with E-state index in [1.54, 1.807) is 4.90 Å². The van der Waals surface area contributed by atoms with Crippen LogP contribution in [0, 0.1) is 6.92 Å². The molecule has 3 aromatic rings. The highest BCUT2D eigenvalue weighted by atomic mass is 16.2. The van der Waals surface area contributed by atoms with Crippen molar-refractivity contribution in [2.45, 2.75) is 64.7 Å². The fraction of sp³-hybridized carbons (Fsp3) is 0.429. The summed E-state index contributed by atoms with van der Waals surface area (Å²) >= 11 is 0. The first-order valence-corrected chi connectivity index (χ1v) is 15.0. The van der Waals surface area contributed by atoms with E-state index in [0.717, 1.165) is 45.3 Å². The van der Waals surface area contributed by atoms with E-state index < -0.39 is 0 Å². The van der Waals surface area contributed by atoms with Gasteiger partial charge in [0.2, 0.25) is 0 Å². The van der Waals surface area contributed by atoms with Gasteiger partial charge in [-0.25, -0.2) is 0 Å². The van der Waals surface area contributed by atoms with Gasteiger partial charge in [-0.3, -0.25) is 9.59 Å². The van der Waals surface area contributed by atoms with Crippen LogP contribution in [0.15, 0.2) is 84.9 Å². The van der Waals surface area contributed by atoms with Crippen molar-refractivity contribution in [2.75, 3.05) is 33.2 Å². The first-order valence-electron chi connectivity index (χ1n) is 15.0. The van der Waals surface area contributed by atoms with E-state index in [4.69, 9.17) is 0 Å². The van der Waals surface area contributed by atoms with Crippen molar-refractivity contribution in [3.05, 3.63) is 107 Å². The Morgan fingerprint density at radius 1 is 0.854 bits per heavy atom. The van der Waals surface area contributed by atoms with Crippen molar-refractivity contribution in [3.63, 3.8) is 0 Å². The second-order valence-corrected chi connectivity index (χ2v) is 11.5. The number of amides is 2. The van der Waals surface area contributed by atoms with E-state index in [0.29, 0.717) is 19.6 Å². The molecule has 1 aliphatic rings. The summed E-state index contributed by atoms with van der Waals surface area (Å²) in [7, 11) is 2.16. The average molecular weight is 555 g/mol. The van der Waals surface area contributed by atoms with Crippen LogP contribution in [0.25, 0.3) is 0 Å². The van der Waals surface area contributed by atoms with E-state index in [-0.39, 0.29) is 23.9 Å². The molecule has 0 spiro atoms. The van der Waals surface area contributed by atoms with Gasteiger partial charge >= 0.3 is 11.8 Å². The Labute approximate surface area is 246 Å². The monoisotopic (exact) mass is 554 g/mol. The zero-order chi connectivity index (χ0) is 29.0.